The normalized spacial score (nSPS) is 14.1. The summed E-state index contributed by atoms with van der Waals surface area (Å²) in [6.45, 7) is 3.66. The standard InChI is InChI=1S/C25H39N5O6/c1-16(27-3)23(34)28-19(11-7-8-14-26)24(35)29-20(12-13-22(32)33)25(36)30-21(17(2)31)15-18-9-5-4-6-10-18/h4-6,9-10,16,19-21,27H,7-8,11-15,26H2,1-3H3,(H,28,34)(H,29,35)(H,30,36)(H,32,33)/t16-,19-,20-,21-/m0/s1. The Bertz CT molecular complexity index is 879. The van der Waals surface area contributed by atoms with E-state index in [-0.39, 0.29) is 24.5 Å². The number of carbonyl (C=O) groups is 5. The predicted octanol–water partition coefficient (Wildman–Crippen LogP) is -2.18. The molecule has 0 unspecified atom stereocenters. The summed E-state index contributed by atoms with van der Waals surface area (Å²) in [6.07, 6.45) is 1.22. The third-order valence-corrected chi connectivity index (χ3v) is 5.81. The maximum atomic E-state index is 13.1. The first kappa shape index (κ1) is 30.7. The Balaban J connectivity index is 3.01. The molecule has 1 aromatic rings. The molecule has 200 valence electrons. The highest BCUT2D eigenvalue weighted by Crippen LogP contribution is 2.07. The molecule has 0 heterocycles. The van der Waals surface area contributed by atoms with Crippen molar-refractivity contribution < 1.29 is 34.8 Å². The Morgan fingerprint density at radius 3 is 1.94 bits per heavy atom. The number of hydrogen-bond acceptors (Lipinski definition) is 7. The minimum Gasteiger partial charge on any atom is -0.550 e. The molecule has 3 amide bonds. The lowest BCUT2D eigenvalue weighted by molar-refractivity contribution is -0.368. The van der Waals surface area contributed by atoms with Crippen LogP contribution in [0, 0.1) is 0 Å². The molecule has 0 saturated heterocycles. The number of amides is 3. The van der Waals surface area contributed by atoms with Crippen LogP contribution in [-0.2, 0) is 30.4 Å². The molecule has 0 fully saturated rings. The minimum absolute atomic E-state index is 0.234. The van der Waals surface area contributed by atoms with Crippen LogP contribution in [0.5, 0.6) is 0 Å². The van der Waals surface area contributed by atoms with Crippen molar-refractivity contribution in [1.82, 2.24) is 21.3 Å². The van der Waals surface area contributed by atoms with Crippen LogP contribution >= 0.6 is 0 Å². The van der Waals surface area contributed by atoms with Gasteiger partial charge in [-0.2, -0.15) is 0 Å². The second-order valence-corrected chi connectivity index (χ2v) is 8.75. The van der Waals surface area contributed by atoms with Crippen LogP contribution in [0.2, 0.25) is 0 Å². The van der Waals surface area contributed by atoms with Gasteiger partial charge in [0.25, 0.3) is 0 Å². The molecule has 0 aliphatic heterocycles. The van der Waals surface area contributed by atoms with E-state index in [1.165, 1.54) is 6.92 Å². The number of likely N-dealkylation sites (N-methyl/N-ethyl adjacent to an activating group) is 1. The van der Waals surface area contributed by atoms with Crippen LogP contribution in [0.4, 0.5) is 0 Å². The number of nitrogens with one attached hydrogen (secondary N) is 4. The first-order valence-corrected chi connectivity index (χ1v) is 12.2. The first-order chi connectivity index (χ1) is 17.1. The number of carbonyl (C=O) groups excluding carboxylic acids is 5. The molecule has 1 aromatic carbocycles. The van der Waals surface area contributed by atoms with Crippen molar-refractivity contribution in [2.75, 3.05) is 13.6 Å². The zero-order valence-electron chi connectivity index (χ0n) is 21.3. The smallest absolute Gasteiger partial charge is 0.243 e. The Labute approximate surface area is 212 Å². The van der Waals surface area contributed by atoms with Crippen molar-refractivity contribution in [1.29, 1.82) is 0 Å². The maximum absolute atomic E-state index is 13.1. The number of Topliss-reactive ketones (excluding diaryl/α,β-unsaturated/α-hetero) is 1. The van der Waals surface area contributed by atoms with Crippen LogP contribution in [0.3, 0.4) is 0 Å². The third kappa shape index (κ3) is 11.4. The van der Waals surface area contributed by atoms with E-state index in [4.69, 9.17) is 0 Å². The van der Waals surface area contributed by atoms with E-state index in [1.807, 2.05) is 30.3 Å². The van der Waals surface area contributed by atoms with Crippen molar-refractivity contribution in [3.05, 3.63) is 35.9 Å². The molecule has 0 bridgehead atoms. The Kier molecular flexibility index (Phi) is 14.0. The number of quaternary nitrogens is 1. The van der Waals surface area contributed by atoms with E-state index in [2.05, 4.69) is 27.0 Å². The van der Waals surface area contributed by atoms with Gasteiger partial charge in [0, 0.05) is 5.97 Å². The van der Waals surface area contributed by atoms with E-state index >= 15 is 0 Å². The van der Waals surface area contributed by atoms with Crippen molar-refractivity contribution in [2.45, 2.75) is 76.5 Å². The van der Waals surface area contributed by atoms with Gasteiger partial charge in [0.1, 0.15) is 12.1 Å². The van der Waals surface area contributed by atoms with Crippen molar-refractivity contribution in [2.24, 2.45) is 0 Å². The Morgan fingerprint density at radius 2 is 1.42 bits per heavy atom. The topological polar surface area (TPSA) is 184 Å². The first-order valence-electron chi connectivity index (χ1n) is 12.2. The zero-order chi connectivity index (χ0) is 27.1. The van der Waals surface area contributed by atoms with Gasteiger partial charge in [-0.1, -0.05) is 30.3 Å². The molecule has 7 N–H and O–H groups in total. The number of aliphatic carboxylic acids is 1. The SMILES string of the molecule is CN[C@@H](C)C(=O)N[C@@H](CCCC[NH3+])C(=O)N[C@@H](CCC(=O)[O-])C(=O)N[C@@H](Cc1ccccc1)C(C)=O. The summed E-state index contributed by atoms with van der Waals surface area (Å²) in [6, 6.07) is 5.55. The molecule has 0 aromatic heterocycles. The maximum Gasteiger partial charge on any atom is 0.243 e. The van der Waals surface area contributed by atoms with Gasteiger partial charge in [-0.3, -0.25) is 19.2 Å². The molecule has 11 nitrogen and oxygen atoms in total. The summed E-state index contributed by atoms with van der Waals surface area (Å²) in [5.41, 5.74) is 4.61. The summed E-state index contributed by atoms with van der Waals surface area (Å²) in [7, 11) is 1.61. The van der Waals surface area contributed by atoms with Gasteiger partial charge < -0.3 is 36.9 Å². The van der Waals surface area contributed by atoms with E-state index in [9.17, 15) is 29.1 Å². The van der Waals surface area contributed by atoms with Gasteiger partial charge in [-0.15, -0.1) is 0 Å². The summed E-state index contributed by atoms with van der Waals surface area (Å²) in [5, 5.41) is 21.7. The van der Waals surface area contributed by atoms with Gasteiger partial charge >= 0.3 is 0 Å². The summed E-state index contributed by atoms with van der Waals surface area (Å²) >= 11 is 0. The van der Waals surface area contributed by atoms with Gasteiger partial charge in [0.15, 0.2) is 5.78 Å². The average molecular weight is 506 g/mol. The highest BCUT2D eigenvalue weighted by molar-refractivity contribution is 5.95. The highest BCUT2D eigenvalue weighted by Gasteiger charge is 2.29. The number of carboxylic acids is 1. The molecule has 0 aliphatic carbocycles. The number of unbranched alkanes of at least 4 members (excludes halogenated alkanes) is 1. The molecule has 4 atom stereocenters. The monoisotopic (exact) mass is 505 g/mol. The van der Waals surface area contributed by atoms with E-state index in [0.717, 1.165) is 12.0 Å². The molecule has 0 radical (unpaired) electrons. The number of ketones is 1. The lowest BCUT2D eigenvalue weighted by atomic mass is 10.0. The lowest BCUT2D eigenvalue weighted by Crippen LogP contribution is -2.57. The van der Waals surface area contributed by atoms with Crippen LogP contribution in [-0.4, -0.2) is 67.2 Å². The van der Waals surface area contributed by atoms with Crippen molar-refractivity contribution in [3.63, 3.8) is 0 Å². The van der Waals surface area contributed by atoms with Crippen LogP contribution in [0.15, 0.2) is 30.3 Å². The zero-order valence-corrected chi connectivity index (χ0v) is 21.3. The quantitative estimate of drug-likeness (QED) is 0.149. The fraction of sp³-hybridized carbons (Fsp3) is 0.560. The minimum atomic E-state index is -1.38. The Morgan fingerprint density at radius 1 is 0.861 bits per heavy atom. The van der Waals surface area contributed by atoms with Gasteiger partial charge in [0.05, 0.1) is 18.6 Å². The molecule has 0 aliphatic rings. The van der Waals surface area contributed by atoms with Gasteiger partial charge in [-0.25, -0.2) is 0 Å². The number of benzene rings is 1. The van der Waals surface area contributed by atoms with E-state index < -0.39 is 48.4 Å². The average Bonchev–Trinajstić information content (AvgIpc) is 2.85. The van der Waals surface area contributed by atoms with Crippen molar-refractivity contribution in [3.8, 4) is 0 Å². The van der Waals surface area contributed by atoms with E-state index in [0.29, 0.717) is 19.4 Å². The number of rotatable bonds is 17. The van der Waals surface area contributed by atoms with Crippen LogP contribution in [0.1, 0.15) is 51.5 Å². The largest absolute Gasteiger partial charge is 0.550 e. The molecular weight excluding hydrogens is 466 g/mol. The van der Waals surface area contributed by atoms with E-state index in [1.54, 1.807) is 14.0 Å². The molecule has 1 rings (SSSR count). The lowest BCUT2D eigenvalue weighted by Gasteiger charge is -2.26. The molecular formula is C25H39N5O6. The summed E-state index contributed by atoms with van der Waals surface area (Å²) in [5.74, 6) is -3.35. The third-order valence-electron chi connectivity index (χ3n) is 5.81. The number of hydrogen-bond donors (Lipinski definition) is 5. The van der Waals surface area contributed by atoms with Crippen molar-refractivity contribution >= 4 is 29.5 Å². The van der Waals surface area contributed by atoms with Gasteiger partial charge in [-0.05, 0) is 65.0 Å². The van der Waals surface area contributed by atoms with Gasteiger partial charge in [0.2, 0.25) is 17.7 Å². The highest BCUT2D eigenvalue weighted by atomic mass is 16.4. The summed E-state index contributed by atoms with van der Waals surface area (Å²) < 4.78 is 0. The fourth-order valence-electron chi connectivity index (χ4n) is 3.44. The fourth-order valence-corrected chi connectivity index (χ4v) is 3.44. The number of carboxylic acid groups (broad SMARTS) is 1. The molecule has 0 spiro atoms. The molecule has 11 heteroatoms. The molecule has 36 heavy (non-hydrogen) atoms. The second kappa shape index (κ2) is 16.4. The second-order valence-electron chi connectivity index (χ2n) is 8.75. The van der Waals surface area contributed by atoms with Crippen LogP contribution in [0.25, 0.3) is 0 Å². The van der Waals surface area contributed by atoms with Crippen LogP contribution < -0.4 is 32.1 Å². The summed E-state index contributed by atoms with van der Waals surface area (Å²) in [4.78, 5) is 61.8. The predicted molar refractivity (Wildman–Crippen MR) is 131 cm³/mol. The Hall–Kier alpha value is -3.31. The molecule has 0 saturated carbocycles.